The van der Waals surface area contributed by atoms with E-state index in [9.17, 15) is 4.79 Å². The Hall–Kier alpha value is -1.45. The summed E-state index contributed by atoms with van der Waals surface area (Å²) in [7, 11) is 0. The minimum absolute atomic E-state index is 0.0482. The van der Waals surface area contributed by atoms with E-state index in [1.165, 1.54) is 4.68 Å². The number of nitrogens with two attached hydrogens (primary N) is 1. The SMILES string of the molecule is CCC(=O)Nn1cccc1N. The van der Waals surface area contributed by atoms with E-state index in [-0.39, 0.29) is 5.91 Å². The van der Waals surface area contributed by atoms with Gasteiger partial charge in [-0.1, -0.05) is 6.92 Å². The number of aromatic nitrogens is 1. The smallest absolute Gasteiger partial charge is 0.238 e. The predicted octanol–water partition coefficient (Wildman–Crippen LogP) is 0.550. The van der Waals surface area contributed by atoms with Crippen molar-refractivity contribution in [3.63, 3.8) is 0 Å². The van der Waals surface area contributed by atoms with E-state index in [0.717, 1.165) is 0 Å². The highest BCUT2D eigenvalue weighted by Gasteiger charge is 1.98. The summed E-state index contributed by atoms with van der Waals surface area (Å²) in [6.45, 7) is 1.79. The van der Waals surface area contributed by atoms with Crippen molar-refractivity contribution in [3.8, 4) is 0 Å². The molecule has 1 rings (SSSR count). The van der Waals surface area contributed by atoms with Crippen LogP contribution in [0.5, 0.6) is 0 Å². The van der Waals surface area contributed by atoms with E-state index >= 15 is 0 Å². The van der Waals surface area contributed by atoms with Crippen molar-refractivity contribution in [3.05, 3.63) is 18.3 Å². The number of nitrogen functional groups attached to an aromatic ring is 1. The maximum absolute atomic E-state index is 10.8. The van der Waals surface area contributed by atoms with Crippen molar-refractivity contribution in [2.45, 2.75) is 13.3 Å². The lowest BCUT2D eigenvalue weighted by Crippen LogP contribution is -2.22. The molecule has 0 unspecified atom stereocenters. The van der Waals surface area contributed by atoms with Crippen LogP contribution in [0.4, 0.5) is 5.82 Å². The molecule has 0 atom stereocenters. The second-order valence-corrected chi connectivity index (χ2v) is 2.19. The Kier molecular flexibility index (Phi) is 2.15. The van der Waals surface area contributed by atoms with Gasteiger partial charge in [0, 0.05) is 12.6 Å². The molecule has 1 aromatic rings. The average molecular weight is 153 g/mol. The first-order chi connectivity index (χ1) is 5.24. The van der Waals surface area contributed by atoms with Crippen LogP contribution in [0.25, 0.3) is 0 Å². The molecule has 0 aliphatic rings. The molecule has 11 heavy (non-hydrogen) atoms. The molecular weight excluding hydrogens is 142 g/mol. The Bertz CT molecular complexity index is 254. The number of carbonyl (C=O) groups excluding carboxylic acids is 1. The third-order valence-corrected chi connectivity index (χ3v) is 1.35. The van der Waals surface area contributed by atoms with E-state index in [4.69, 9.17) is 5.73 Å². The lowest BCUT2D eigenvalue weighted by atomic mass is 10.5. The number of nitrogens with one attached hydrogen (secondary N) is 1. The highest BCUT2D eigenvalue weighted by molar-refractivity contribution is 5.83. The van der Waals surface area contributed by atoms with Crippen molar-refractivity contribution in [1.29, 1.82) is 0 Å². The highest BCUT2D eigenvalue weighted by Crippen LogP contribution is 1.99. The van der Waals surface area contributed by atoms with Gasteiger partial charge in [0.15, 0.2) is 0 Å². The average Bonchev–Trinajstić information content (AvgIpc) is 2.37. The van der Waals surface area contributed by atoms with Gasteiger partial charge in [-0.05, 0) is 12.1 Å². The Labute approximate surface area is 65.0 Å². The molecule has 4 heteroatoms. The first-order valence-corrected chi connectivity index (χ1v) is 3.46. The molecule has 60 valence electrons. The van der Waals surface area contributed by atoms with Gasteiger partial charge in [0.25, 0.3) is 0 Å². The molecule has 0 aliphatic heterocycles. The topological polar surface area (TPSA) is 60.0 Å². The molecule has 4 nitrogen and oxygen atoms in total. The van der Waals surface area contributed by atoms with Crippen LogP contribution in [0, 0.1) is 0 Å². The number of carbonyl (C=O) groups is 1. The van der Waals surface area contributed by atoms with E-state index in [2.05, 4.69) is 5.43 Å². The summed E-state index contributed by atoms with van der Waals surface area (Å²) in [4.78, 5) is 10.8. The van der Waals surface area contributed by atoms with Crippen molar-refractivity contribution < 1.29 is 4.79 Å². The van der Waals surface area contributed by atoms with Gasteiger partial charge in [-0.3, -0.25) is 10.2 Å². The van der Waals surface area contributed by atoms with Crippen molar-refractivity contribution in [2.24, 2.45) is 0 Å². The molecule has 1 heterocycles. The third-order valence-electron chi connectivity index (χ3n) is 1.35. The predicted molar refractivity (Wildman–Crippen MR) is 43.5 cm³/mol. The second-order valence-electron chi connectivity index (χ2n) is 2.19. The minimum atomic E-state index is -0.0482. The monoisotopic (exact) mass is 153 g/mol. The fourth-order valence-electron chi connectivity index (χ4n) is 0.709. The summed E-state index contributed by atoms with van der Waals surface area (Å²) in [5.41, 5.74) is 8.08. The molecule has 1 amide bonds. The Morgan fingerprint density at radius 2 is 2.55 bits per heavy atom. The van der Waals surface area contributed by atoms with Gasteiger partial charge in [-0.15, -0.1) is 0 Å². The van der Waals surface area contributed by atoms with Gasteiger partial charge in [-0.25, -0.2) is 4.68 Å². The second kappa shape index (κ2) is 3.09. The summed E-state index contributed by atoms with van der Waals surface area (Å²) in [5.74, 6) is 0.486. The fraction of sp³-hybridized carbons (Fsp3) is 0.286. The van der Waals surface area contributed by atoms with Crippen LogP contribution >= 0.6 is 0 Å². The highest BCUT2D eigenvalue weighted by atomic mass is 16.2. The van der Waals surface area contributed by atoms with Gasteiger partial charge in [0.2, 0.25) is 5.91 Å². The maximum atomic E-state index is 10.8. The maximum Gasteiger partial charge on any atom is 0.238 e. The van der Waals surface area contributed by atoms with Crippen LogP contribution in [-0.2, 0) is 4.79 Å². The van der Waals surface area contributed by atoms with E-state index < -0.39 is 0 Å². The van der Waals surface area contributed by atoms with Gasteiger partial charge < -0.3 is 5.73 Å². The number of hydrogen-bond donors (Lipinski definition) is 2. The van der Waals surface area contributed by atoms with Crippen LogP contribution in [0.3, 0.4) is 0 Å². The molecule has 3 N–H and O–H groups in total. The number of rotatable bonds is 2. The number of nitrogens with zero attached hydrogens (tertiary/aromatic N) is 1. The summed E-state index contributed by atoms with van der Waals surface area (Å²) < 4.78 is 1.49. The van der Waals surface area contributed by atoms with Crippen LogP contribution < -0.4 is 11.2 Å². The zero-order valence-corrected chi connectivity index (χ0v) is 6.37. The summed E-state index contributed by atoms with van der Waals surface area (Å²) in [6, 6.07) is 3.49. The quantitative estimate of drug-likeness (QED) is 0.651. The van der Waals surface area contributed by atoms with Gasteiger partial charge in [0.1, 0.15) is 5.82 Å². The molecule has 0 radical (unpaired) electrons. The number of anilines is 1. The third kappa shape index (κ3) is 1.73. The summed E-state index contributed by atoms with van der Waals surface area (Å²) >= 11 is 0. The molecule has 0 aliphatic carbocycles. The first kappa shape index (κ1) is 7.65. The number of hydrogen-bond acceptors (Lipinski definition) is 2. The lowest BCUT2D eigenvalue weighted by Gasteiger charge is -2.05. The van der Waals surface area contributed by atoms with Crippen LogP contribution in [0.1, 0.15) is 13.3 Å². The molecule has 0 saturated heterocycles. The molecule has 0 aromatic carbocycles. The van der Waals surface area contributed by atoms with Crippen molar-refractivity contribution in [2.75, 3.05) is 11.2 Å². The molecule has 0 bridgehead atoms. The Morgan fingerprint density at radius 3 is 3.00 bits per heavy atom. The normalized spacial score (nSPS) is 9.55. The minimum Gasteiger partial charge on any atom is -0.384 e. The standard InChI is InChI=1S/C7H11N3O/c1-2-7(11)9-10-5-3-4-6(10)8/h3-5H,2,8H2,1H3,(H,9,11). The molecule has 0 saturated carbocycles. The van der Waals surface area contributed by atoms with Crippen LogP contribution in [0.15, 0.2) is 18.3 Å². The van der Waals surface area contributed by atoms with Gasteiger partial charge >= 0.3 is 0 Å². The largest absolute Gasteiger partial charge is 0.384 e. The summed E-state index contributed by atoms with van der Waals surface area (Å²) in [5, 5.41) is 0. The van der Waals surface area contributed by atoms with E-state index in [0.29, 0.717) is 12.2 Å². The lowest BCUT2D eigenvalue weighted by molar-refractivity contribution is -0.116. The molecular formula is C7H11N3O. The van der Waals surface area contributed by atoms with Crippen LogP contribution in [0.2, 0.25) is 0 Å². The van der Waals surface area contributed by atoms with Gasteiger partial charge in [0.05, 0.1) is 0 Å². The Morgan fingerprint density at radius 1 is 1.82 bits per heavy atom. The molecule has 0 spiro atoms. The van der Waals surface area contributed by atoms with Crippen molar-refractivity contribution >= 4 is 11.7 Å². The molecule has 0 fully saturated rings. The zero-order chi connectivity index (χ0) is 8.27. The van der Waals surface area contributed by atoms with Crippen LogP contribution in [-0.4, -0.2) is 10.6 Å². The van der Waals surface area contributed by atoms with E-state index in [1.807, 2.05) is 0 Å². The van der Waals surface area contributed by atoms with Crippen molar-refractivity contribution in [1.82, 2.24) is 4.68 Å². The Balaban J connectivity index is 2.64. The molecule has 1 aromatic heterocycles. The fourth-order valence-corrected chi connectivity index (χ4v) is 0.709. The summed E-state index contributed by atoms with van der Waals surface area (Å²) in [6.07, 6.45) is 2.15. The number of amides is 1. The zero-order valence-electron chi connectivity index (χ0n) is 6.37. The van der Waals surface area contributed by atoms with Gasteiger partial charge in [-0.2, -0.15) is 0 Å². The van der Waals surface area contributed by atoms with E-state index in [1.54, 1.807) is 25.3 Å². The first-order valence-electron chi connectivity index (χ1n) is 3.46.